The van der Waals surface area contributed by atoms with Crippen molar-refractivity contribution in [1.29, 1.82) is 10.7 Å². The monoisotopic (exact) mass is 238 g/mol. The molecule has 0 aromatic carbocycles. The summed E-state index contributed by atoms with van der Waals surface area (Å²) in [4.78, 5) is 11.6. The van der Waals surface area contributed by atoms with Crippen LogP contribution in [0.5, 0.6) is 0 Å². The van der Waals surface area contributed by atoms with E-state index in [-0.39, 0.29) is 17.2 Å². The number of hydrogen-bond acceptors (Lipinski definition) is 7. The Morgan fingerprint density at radius 2 is 2.44 bits per heavy atom. The number of ketones is 1. The number of Topliss-reactive ketones (excluding diaryl/α,β-unsaturated/α-hetero) is 1. The molecule has 7 nitrogen and oxygen atoms in total. The number of nitrogens with one attached hydrogen (secondary N) is 1. The van der Waals surface area contributed by atoms with Gasteiger partial charge < -0.3 is 5.41 Å². The Labute approximate surface area is 96.3 Å². The summed E-state index contributed by atoms with van der Waals surface area (Å²) in [5, 5.41) is 27.2. The first-order valence-electron chi connectivity index (χ1n) is 4.38. The number of tetrazole rings is 1. The number of hydrogen-bond donors (Lipinski definition) is 1. The molecular formula is C8H10N6OS. The Kier molecular flexibility index (Phi) is 4.13. The van der Waals surface area contributed by atoms with E-state index in [4.69, 9.17) is 10.7 Å². The third-order valence-electron chi connectivity index (χ3n) is 1.81. The lowest BCUT2D eigenvalue weighted by Gasteiger charge is -2.04. The van der Waals surface area contributed by atoms with Crippen LogP contribution in [0.1, 0.15) is 6.92 Å². The quantitative estimate of drug-likeness (QED) is 0.573. The van der Waals surface area contributed by atoms with Crippen LogP contribution in [0.4, 0.5) is 0 Å². The van der Waals surface area contributed by atoms with Crippen molar-refractivity contribution in [3.63, 3.8) is 0 Å². The highest BCUT2D eigenvalue weighted by atomic mass is 32.2. The Morgan fingerprint density at radius 3 is 2.88 bits per heavy atom. The minimum absolute atomic E-state index is 0.0594. The van der Waals surface area contributed by atoms with Gasteiger partial charge in [0.2, 0.25) is 5.16 Å². The zero-order chi connectivity index (χ0) is 12.1. The standard InChI is InChI=1S/C8H10N6OS/c1-5(10)6(3-9)7(15)4-16-8-11-12-13-14(8)2/h6,10H,4H2,1-2H3. The molecule has 0 aliphatic rings. The van der Waals surface area contributed by atoms with E-state index >= 15 is 0 Å². The van der Waals surface area contributed by atoms with E-state index in [0.717, 1.165) is 11.8 Å². The number of carbonyl (C=O) groups is 1. The van der Waals surface area contributed by atoms with Gasteiger partial charge in [0.25, 0.3) is 0 Å². The molecule has 0 aliphatic carbocycles. The van der Waals surface area contributed by atoms with Crippen molar-refractivity contribution in [2.45, 2.75) is 12.1 Å². The largest absolute Gasteiger partial charge is 0.308 e. The highest BCUT2D eigenvalue weighted by molar-refractivity contribution is 7.99. The molecule has 0 saturated carbocycles. The van der Waals surface area contributed by atoms with Gasteiger partial charge in [0.15, 0.2) is 5.78 Å². The first-order chi connectivity index (χ1) is 7.56. The summed E-state index contributed by atoms with van der Waals surface area (Å²) in [6, 6.07) is 1.80. The van der Waals surface area contributed by atoms with Crippen LogP contribution in [-0.2, 0) is 11.8 Å². The van der Waals surface area contributed by atoms with Crippen LogP contribution in [-0.4, -0.2) is 37.5 Å². The SMILES string of the molecule is CC(=N)C(C#N)C(=O)CSc1nnnn1C. The van der Waals surface area contributed by atoms with Gasteiger partial charge >= 0.3 is 0 Å². The molecule has 0 fully saturated rings. The van der Waals surface area contributed by atoms with Crippen molar-refractivity contribution in [2.24, 2.45) is 13.0 Å². The first kappa shape index (κ1) is 12.3. The van der Waals surface area contributed by atoms with Crippen LogP contribution in [0.3, 0.4) is 0 Å². The molecule has 1 heterocycles. The van der Waals surface area contributed by atoms with Gasteiger partial charge in [-0.05, 0) is 17.4 Å². The van der Waals surface area contributed by atoms with Gasteiger partial charge in [0.05, 0.1) is 11.8 Å². The van der Waals surface area contributed by atoms with Gasteiger partial charge in [-0.2, -0.15) is 5.26 Å². The van der Waals surface area contributed by atoms with Crippen LogP contribution in [0.2, 0.25) is 0 Å². The predicted octanol–water partition coefficient (Wildman–Crippen LogP) is 0.0507. The number of rotatable bonds is 5. The fraction of sp³-hybridized carbons (Fsp3) is 0.500. The molecule has 0 saturated heterocycles. The molecule has 0 radical (unpaired) electrons. The predicted molar refractivity (Wildman–Crippen MR) is 57.0 cm³/mol. The second-order valence-corrected chi connectivity index (χ2v) is 4.03. The second kappa shape index (κ2) is 5.37. The summed E-state index contributed by atoms with van der Waals surface area (Å²) in [7, 11) is 1.66. The summed E-state index contributed by atoms with van der Waals surface area (Å²) >= 11 is 1.15. The summed E-state index contributed by atoms with van der Waals surface area (Å²) in [6.07, 6.45) is 0. The molecule has 0 amide bonds. The molecule has 1 aromatic rings. The third-order valence-corrected chi connectivity index (χ3v) is 2.84. The third kappa shape index (κ3) is 2.87. The second-order valence-electron chi connectivity index (χ2n) is 3.09. The fourth-order valence-electron chi connectivity index (χ4n) is 0.973. The van der Waals surface area contributed by atoms with Crippen molar-refractivity contribution in [3.05, 3.63) is 0 Å². The Morgan fingerprint density at radius 1 is 1.75 bits per heavy atom. The summed E-state index contributed by atoms with van der Waals surface area (Å²) < 4.78 is 1.44. The minimum atomic E-state index is -0.964. The molecule has 0 spiro atoms. The summed E-state index contributed by atoms with van der Waals surface area (Å²) in [5.41, 5.74) is 0.0594. The molecule has 1 atom stereocenters. The molecule has 84 valence electrons. The van der Waals surface area contributed by atoms with E-state index in [1.54, 1.807) is 13.1 Å². The number of thioether (sulfide) groups is 1. The zero-order valence-electron chi connectivity index (χ0n) is 8.84. The number of nitriles is 1. The van der Waals surface area contributed by atoms with Crippen molar-refractivity contribution >= 4 is 23.3 Å². The van der Waals surface area contributed by atoms with Gasteiger partial charge in [-0.3, -0.25) is 4.79 Å². The van der Waals surface area contributed by atoms with Crippen LogP contribution in [0, 0.1) is 22.7 Å². The van der Waals surface area contributed by atoms with E-state index in [2.05, 4.69) is 15.5 Å². The van der Waals surface area contributed by atoms with E-state index in [0.29, 0.717) is 5.16 Å². The topological polar surface area (TPSA) is 108 Å². The van der Waals surface area contributed by atoms with Crippen molar-refractivity contribution in [3.8, 4) is 6.07 Å². The van der Waals surface area contributed by atoms with Crippen molar-refractivity contribution < 1.29 is 4.79 Å². The average Bonchev–Trinajstić information content (AvgIpc) is 2.61. The molecular weight excluding hydrogens is 228 g/mol. The first-order valence-corrected chi connectivity index (χ1v) is 5.37. The van der Waals surface area contributed by atoms with Crippen LogP contribution >= 0.6 is 11.8 Å². The highest BCUT2D eigenvalue weighted by Gasteiger charge is 2.20. The number of carbonyl (C=O) groups excluding carboxylic acids is 1. The minimum Gasteiger partial charge on any atom is -0.308 e. The molecule has 1 rings (SSSR count). The van der Waals surface area contributed by atoms with Crippen LogP contribution in [0.25, 0.3) is 0 Å². The average molecular weight is 238 g/mol. The van der Waals surface area contributed by atoms with Crippen LogP contribution in [0.15, 0.2) is 5.16 Å². The van der Waals surface area contributed by atoms with Gasteiger partial charge in [0.1, 0.15) is 5.92 Å². The number of aryl methyl sites for hydroxylation is 1. The van der Waals surface area contributed by atoms with Crippen molar-refractivity contribution in [2.75, 3.05) is 5.75 Å². The van der Waals surface area contributed by atoms with Crippen molar-refractivity contribution in [1.82, 2.24) is 20.2 Å². The lowest BCUT2D eigenvalue weighted by molar-refractivity contribution is -0.117. The van der Waals surface area contributed by atoms with E-state index < -0.39 is 5.92 Å². The molecule has 1 N–H and O–H groups in total. The molecule has 0 bridgehead atoms. The maximum atomic E-state index is 11.6. The van der Waals surface area contributed by atoms with E-state index in [9.17, 15) is 4.79 Å². The molecule has 8 heteroatoms. The number of nitrogens with zero attached hydrogens (tertiary/aromatic N) is 5. The molecule has 16 heavy (non-hydrogen) atoms. The lowest BCUT2D eigenvalue weighted by Crippen LogP contribution is -2.21. The molecule has 1 aromatic heterocycles. The Bertz CT molecular complexity index is 448. The highest BCUT2D eigenvalue weighted by Crippen LogP contribution is 2.14. The van der Waals surface area contributed by atoms with Gasteiger partial charge in [0, 0.05) is 12.8 Å². The number of aromatic nitrogens is 4. The smallest absolute Gasteiger partial charge is 0.209 e. The van der Waals surface area contributed by atoms with Gasteiger partial charge in [-0.1, -0.05) is 11.8 Å². The Hall–Kier alpha value is -1.75. The maximum absolute atomic E-state index is 11.6. The summed E-state index contributed by atoms with van der Waals surface area (Å²) in [6.45, 7) is 1.44. The zero-order valence-corrected chi connectivity index (χ0v) is 9.65. The Balaban J connectivity index is 2.57. The van der Waals surface area contributed by atoms with Gasteiger partial charge in [-0.15, -0.1) is 5.10 Å². The summed E-state index contributed by atoms with van der Waals surface area (Å²) in [5.74, 6) is -1.18. The van der Waals surface area contributed by atoms with Gasteiger partial charge in [-0.25, -0.2) is 4.68 Å². The fourth-order valence-corrected chi connectivity index (χ4v) is 1.73. The molecule has 1 unspecified atom stereocenters. The van der Waals surface area contributed by atoms with E-state index in [1.165, 1.54) is 11.6 Å². The van der Waals surface area contributed by atoms with Crippen LogP contribution < -0.4 is 0 Å². The normalized spacial score (nSPS) is 11.8. The molecule has 0 aliphatic heterocycles. The maximum Gasteiger partial charge on any atom is 0.209 e. The lowest BCUT2D eigenvalue weighted by atomic mass is 10.0. The van der Waals surface area contributed by atoms with E-state index in [1.807, 2.05) is 0 Å².